The molecule has 0 fully saturated rings. The Kier molecular flexibility index (Phi) is 4.34. The number of carbonyl (C=O) groups excluding carboxylic acids is 1. The summed E-state index contributed by atoms with van der Waals surface area (Å²) in [5, 5.41) is 11.1. The number of oxazole rings is 1. The maximum Gasteiger partial charge on any atom is 0.342 e. The Labute approximate surface area is 142 Å². The molecule has 8 heteroatoms. The van der Waals surface area contributed by atoms with Gasteiger partial charge in [-0.2, -0.15) is 0 Å². The van der Waals surface area contributed by atoms with Gasteiger partial charge in [0.1, 0.15) is 16.8 Å². The Bertz CT molecular complexity index is 946. The molecule has 0 unspecified atom stereocenters. The second-order valence-electron chi connectivity index (χ2n) is 5.07. The van der Waals surface area contributed by atoms with Crippen LogP contribution in [-0.2, 0) is 4.74 Å². The monoisotopic (exact) mass is 342 g/mol. The summed E-state index contributed by atoms with van der Waals surface area (Å²) < 4.78 is 15.7. The van der Waals surface area contributed by atoms with E-state index >= 15 is 0 Å². The lowest BCUT2D eigenvalue weighted by molar-refractivity contribution is -0.384. The Morgan fingerprint density at radius 3 is 2.60 bits per heavy atom. The topological polar surface area (TPSA) is 105 Å². The van der Waals surface area contributed by atoms with Crippen molar-refractivity contribution in [2.45, 2.75) is 6.92 Å². The third kappa shape index (κ3) is 3.14. The summed E-state index contributed by atoms with van der Waals surface area (Å²) in [5.74, 6) is 0.208. The van der Waals surface area contributed by atoms with Gasteiger partial charge in [0, 0.05) is 17.7 Å². The van der Waals surface area contributed by atoms with Crippen molar-refractivity contribution in [3.05, 3.63) is 52.1 Å². The smallest absolute Gasteiger partial charge is 0.342 e. The van der Waals surface area contributed by atoms with Crippen molar-refractivity contribution in [3.8, 4) is 17.2 Å². The zero-order chi connectivity index (χ0) is 18.0. The second kappa shape index (κ2) is 6.60. The van der Waals surface area contributed by atoms with Crippen molar-refractivity contribution in [1.82, 2.24) is 4.98 Å². The Hall–Kier alpha value is -3.42. The predicted octanol–water partition coefficient (Wildman–Crippen LogP) is 3.59. The lowest BCUT2D eigenvalue weighted by atomic mass is 10.1. The van der Waals surface area contributed by atoms with Crippen LogP contribution in [0.4, 0.5) is 5.69 Å². The number of rotatable bonds is 5. The molecule has 25 heavy (non-hydrogen) atoms. The van der Waals surface area contributed by atoms with E-state index in [9.17, 15) is 14.9 Å². The van der Waals surface area contributed by atoms with Crippen molar-refractivity contribution in [1.29, 1.82) is 0 Å². The van der Waals surface area contributed by atoms with E-state index in [0.29, 0.717) is 11.3 Å². The Morgan fingerprint density at radius 1 is 1.28 bits per heavy atom. The van der Waals surface area contributed by atoms with E-state index in [-0.39, 0.29) is 34.8 Å². The van der Waals surface area contributed by atoms with Crippen LogP contribution >= 0.6 is 0 Å². The number of hydrogen-bond donors (Lipinski definition) is 0. The van der Waals surface area contributed by atoms with Crippen LogP contribution in [0.5, 0.6) is 5.75 Å². The Morgan fingerprint density at radius 2 is 2.00 bits per heavy atom. The minimum Gasteiger partial charge on any atom is -0.497 e. The number of methoxy groups -OCH3 is 1. The third-order valence-corrected chi connectivity index (χ3v) is 3.52. The minimum absolute atomic E-state index is 0.0293. The van der Waals surface area contributed by atoms with Crippen LogP contribution in [0.2, 0.25) is 0 Å². The molecule has 0 aliphatic heterocycles. The predicted molar refractivity (Wildman–Crippen MR) is 88.6 cm³/mol. The van der Waals surface area contributed by atoms with E-state index in [2.05, 4.69) is 4.98 Å². The fourth-order valence-electron chi connectivity index (χ4n) is 2.34. The molecule has 2 aromatic carbocycles. The zero-order valence-electron chi connectivity index (χ0n) is 13.5. The van der Waals surface area contributed by atoms with Gasteiger partial charge >= 0.3 is 5.97 Å². The zero-order valence-corrected chi connectivity index (χ0v) is 13.5. The molecule has 0 N–H and O–H groups in total. The maximum absolute atomic E-state index is 12.1. The SMILES string of the molecule is CCOC(=O)c1cc([N+](=O)[O-])cc2nc(-c3ccc(OC)cc3)oc12. The number of aromatic nitrogens is 1. The van der Waals surface area contributed by atoms with Crippen molar-refractivity contribution in [2.75, 3.05) is 13.7 Å². The van der Waals surface area contributed by atoms with Crippen LogP contribution in [0.15, 0.2) is 40.8 Å². The van der Waals surface area contributed by atoms with Gasteiger partial charge in [0.2, 0.25) is 5.89 Å². The highest BCUT2D eigenvalue weighted by molar-refractivity contribution is 6.02. The number of fused-ring (bicyclic) bond motifs is 1. The molecule has 1 aromatic heterocycles. The molecule has 3 aromatic rings. The number of hydrogen-bond acceptors (Lipinski definition) is 7. The summed E-state index contributed by atoms with van der Waals surface area (Å²) in [6, 6.07) is 9.33. The molecule has 0 saturated carbocycles. The number of nitro benzene ring substituents is 1. The molecule has 3 rings (SSSR count). The van der Waals surface area contributed by atoms with Crippen molar-refractivity contribution >= 4 is 22.8 Å². The number of nitrogens with zero attached hydrogens (tertiary/aromatic N) is 2. The van der Waals surface area contributed by atoms with Gasteiger partial charge in [-0.05, 0) is 31.2 Å². The number of carbonyl (C=O) groups is 1. The molecule has 0 spiro atoms. The lowest BCUT2D eigenvalue weighted by Gasteiger charge is -2.02. The van der Waals surface area contributed by atoms with Crippen molar-refractivity contribution in [3.63, 3.8) is 0 Å². The van der Waals surface area contributed by atoms with Gasteiger partial charge in [-0.15, -0.1) is 0 Å². The molecule has 0 bridgehead atoms. The van der Waals surface area contributed by atoms with Crippen LogP contribution in [0.3, 0.4) is 0 Å². The molecule has 0 saturated heterocycles. The molecular formula is C17H14N2O6. The summed E-state index contributed by atoms with van der Waals surface area (Å²) in [6.45, 7) is 1.79. The summed E-state index contributed by atoms with van der Waals surface area (Å²) in [6.07, 6.45) is 0. The lowest BCUT2D eigenvalue weighted by Crippen LogP contribution is -2.05. The molecular weight excluding hydrogens is 328 g/mol. The minimum atomic E-state index is -0.700. The summed E-state index contributed by atoms with van der Waals surface area (Å²) in [4.78, 5) is 26.9. The van der Waals surface area contributed by atoms with Gasteiger partial charge in [-0.1, -0.05) is 0 Å². The average Bonchev–Trinajstić information content (AvgIpc) is 3.05. The number of nitro groups is 1. The van der Waals surface area contributed by atoms with Gasteiger partial charge in [-0.3, -0.25) is 10.1 Å². The van der Waals surface area contributed by atoms with Gasteiger partial charge in [0.25, 0.3) is 5.69 Å². The maximum atomic E-state index is 12.1. The van der Waals surface area contributed by atoms with E-state index in [1.165, 1.54) is 6.07 Å². The van der Waals surface area contributed by atoms with Crippen LogP contribution < -0.4 is 4.74 Å². The number of ether oxygens (including phenoxy) is 2. The largest absolute Gasteiger partial charge is 0.497 e. The summed E-state index contributed by atoms with van der Waals surface area (Å²) >= 11 is 0. The molecule has 0 aliphatic rings. The standard InChI is InChI=1S/C17H14N2O6/c1-3-24-17(20)13-8-11(19(21)22)9-14-15(13)25-16(18-14)10-4-6-12(23-2)7-5-10/h4-9H,3H2,1-2H3. The van der Waals surface area contributed by atoms with Crippen LogP contribution in [-0.4, -0.2) is 29.6 Å². The first-order valence-corrected chi connectivity index (χ1v) is 7.44. The van der Waals surface area contributed by atoms with Gasteiger partial charge in [-0.25, -0.2) is 9.78 Å². The first-order chi connectivity index (χ1) is 12.0. The molecule has 8 nitrogen and oxygen atoms in total. The van der Waals surface area contributed by atoms with Gasteiger partial charge in [0.05, 0.1) is 18.6 Å². The molecule has 0 amide bonds. The van der Waals surface area contributed by atoms with Crippen molar-refractivity contribution in [2.24, 2.45) is 0 Å². The second-order valence-corrected chi connectivity index (χ2v) is 5.07. The number of benzene rings is 2. The van der Waals surface area contributed by atoms with E-state index in [4.69, 9.17) is 13.9 Å². The molecule has 128 valence electrons. The first-order valence-electron chi connectivity index (χ1n) is 7.44. The van der Waals surface area contributed by atoms with Crippen molar-refractivity contribution < 1.29 is 23.6 Å². The quantitative estimate of drug-likeness (QED) is 0.396. The molecule has 0 aliphatic carbocycles. The average molecular weight is 342 g/mol. The molecule has 1 heterocycles. The van der Waals surface area contributed by atoms with E-state index in [0.717, 1.165) is 6.07 Å². The highest BCUT2D eigenvalue weighted by Gasteiger charge is 2.22. The van der Waals surface area contributed by atoms with E-state index in [1.54, 1.807) is 38.3 Å². The Balaban J connectivity index is 2.15. The molecule has 0 atom stereocenters. The van der Waals surface area contributed by atoms with Gasteiger partial charge in [0.15, 0.2) is 5.58 Å². The van der Waals surface area contributed by atoms with Crippen LogP contribution in [0, 0.1) is 10.1 Å². The highest BCUT2D eigenvalue weighted by Crippen LogP contribution is 2.31. The van der Waals surface area contributed by atoms with E-state index in [1.807, 2.05) is 0 Å². The summed E-state index contributed by atoms with van der Waals surface area (Å²) in [5.41, 5.74) is 0.718. The fourth-order valence-corrected chi connectivity index (χ4v) is 2.34. The normalized spacial score (nSPS) is 10.6. The third-order valence-electron chi connectivity index (χ3n) is 3.52. The van der Waals surface area contributed by atoms with Crippen LogP contribution in [0.1, 0.15) is 17.3 Å². The number of esters is 1. The highest BCUT2D eigenvalue weighted by atomic mass is 16.6. The summed E-state index contributed by atoms with van der Waals surface area (Å²) in [7, 11) is 1.55. The first kappa shape index (κ1) is 16.4. The molecule has 0 radical (unpaired) electrons. The number of non-ortho nitro benzene ring substituents is 1. The fraction of sp³-hybridized carbons (Fsp3) is 0.176. The van der Waals surface area contributed by atoms with E-state index < -0.39 is 10.9 Å². The van der Waals surface area contributed by atoms with Gasteiger partial charge < -0.3 is 13.9 Å². The van der Waals surface area contributed by atoms with Crippen LogP contribution in [0.25, 0.3) is 22.6 Å².